The van der Waals surface area contributed by atoms with Crippen LogP contribution in [0, 0.1) is 0 Å². The Kier molecular flexibility index (Phi) is 5.94. The number of benzene rings is 1. The number of rotatable bonds is 6. The molecule has 0 heterocycles. The number of aryl methyl sites for hydroxylation is 1. The Labute approximate surface area is 120 Å². The molecule has 1 rings (SSSR count). The molecule has 7 heteroatoms. The molecule has 0 saturated heterocycles. The summed E-state index contributed by atoms with van der Waals surface area (Å²) in [4.78, 5) is 33.0. The van der Waals surface area contributed by atoms with Gasteiger partial charge in [0.05, 0.1) is 7.11 Å². The lowest BCUT2D eigenvalue weighted by Crippen LogP contribution is -2.11. The average molecular weight is 293 g/mol. The summed E-state index contributed by atoms with van der Waals surface area (Å²) < 4.78 is 4.52. The first-order chi connectivity index (χ1) is 9.92. The number of hydrogen-bond donors (Lipinski definition) is 3. The fourth-order valence-electron chi connectivity index (χ4n) is 1.57. The Bertz CT molecular complexity index is 579. The zero-order chi connectivity index (χ0) is 15.8. The predicted molar refractivity (Wildman–Crippen MR) is 73.8 cm³/mol. The van der Waals surface area contributed by atoms with Crippen LogP contribution in [-0.2, 0) is 25.5 Å². The highest BCUT2D eigenvalue weighted by molar-refractivity contribution is 6.02. The Morgan fingerprint density at radius 1 is 1.29 bits per heavy atom. The Morgan fingerprint density at radius 3 is 2.62 bits per heavy atom. The lowest BCUT2D eigenvalue weighted by molar-refractivity contribution is -0.140. The lowest BCUT2D eigenvalue weighted by Gasteiger charge is -2.10. The molecule has 0 spiro atoms. The SMILES string of the molecule is COC(=O)CCc1cc(O)ccc1NC(=O)/C=C/C(=O)O. The molecular formula is C14H15NO6. The highest BCUT2D eigenvalue weighted by Gasteiger charge is 2.09. The molecule has 1 aromatic carbocycles. The predicted octanol–water partition coefficient (Wildman–Crippen LogP) is 1.08. The van der Waals surface area contributed by atoms with Crippen LogP contribution in [0.5, 0.6) is 5.75 Å². The quantitative estimate of drug-likeness (QED) is 0.411. The van der Waals surface area contributed by atoms with Gasteiger partial charge >= 0.3 is 11.9 Å². The van der Waals surface area contributed by atoms with Crippen molar-refractivity contribution in [2.45, 2.75) is 12.8 Å². The van der Waals surface area contributed by atoms with Crippen LogP contribution in [0.1, 0.15) is 12.0 Å². The first-order valence-electron chi connectivity index (χ1n) is 6.03. The van der Waals surface area contributed by atoms with E-state index in [1.807, 2.05) is 0 Å². The number of hydrogen-bond acceptors (Lipinski definition) is 5. The van der Waals surface area contributed by atoms with Crippen molar-refractivity contribution in [1.29, 1.82) is 0 Å². The van der Waals surface area contributed by atoms with E-state index >= 15 is 0 Å². The summed E-state index contributed by atoms with van der Waals surface area (Å²) >= 11 is 0. The van der Waals surface area contributed by atoms with Gasteiger partial charge in [-0.15, -0.1) is 0 Å². The molecule has 0 atom stereocenters. The maximum absolute atomic E-state index is 11.5. The van der Waals surface area contributed by atoms with Gasteiger partial charge in [-0.1, -0.05) is 0 Å². The van der Waals surface area contributed by atoms with Crippen LogP contribution in [0.2, 0.25) is 0 Å². The van der Waals surface area contributed by atoms with E-state index in [9.17, 15) is 19.5 Å². The number of anilines is 1. The van der Waals surface area contributed by atoms with Crippen molar-refractivity contribution in [3.05, 3.63) is 35.9 Å². The number of carbonyl (C=O) groups excluding carboxylic acids is 2. The van der Waals surface area contributed by atoms with E-state index in [0.717, 1.165) is 6.08 Å². The molecule has 0 aliphatic heterocycles. The molecule has 0 bridgehead atoms. The highest BCUT2D eigenvalue weighted by atomic mass is 16.5. The number of esters is 1. The number of aliphatic carboxylic acids is 1. The van der Waals surface area contributed by atoms with Gasteiger partial charge in [-0.2, -0.15) is 0 Å². The van der Waals surface area contributed by atoms with Crippen LogP contribution >= 0.6 is 0 Å². The number of carboxylic acid groups (broad SMARTS) is 1. The number of methoxy groups -OCH3 is 1. The van der Waals surface area contributed by atoms with Gasteiger partial charge in [0.25, 0.3) is 0 Å². The summed E-state index contributed by atoms with van der Waals surface area (Å²) in [7, 11) is 1.27. The van der Waals surface area contributed by atoms with E-state index in [1.54, 1.807) is 0 Å². The number of carboxylic acids is 1. The minimum absolute atomic E-state index is 0.00561. The van der Waals surface area contributed by atoms with E-state index in [0.29, 0.717) is 17.3 Å². The smallest absolute Gasteiger partial charge is 0.328 e. The standard InChI is InChI=1S/C14H15NO6/c1-21-14(20)7-2-9-8-10(16)3-4-11(9)15-12(17)5-6-13(18)19/h3-6,8,16H,2,7H2,1H3,(H,15,17)(H,18,19)/b6-5+. The molecule has 1 aromatic rings. The number of phenolic OH excluding ortho intramolecular Hbond substituents is 1. The molecule has 0 aliphatic rings. The molecule has 0 fully saturated rings. The molecule has 1 amide bonds. The summed E-state index contributed by atoms with van der Waals surface area (Å²) in [6.07, 6.45) is 1.94. The van der Waals surface area contributed by atoms with Gasteiger partial charge in [0.15, 0.2) is 0 Å². The fourth-order valence-corrected chi connectivity index (χ4v) is 1.57. The second-order valence-corrected chi connectivity index (χ2v) is 4.08. The van der Waals surface area contributed by atoms with Crippen LogP contribution in [0.4, 0.5) is 5.69 Å². The summed E-state index contributed by atoms with van der Waals surface area (Å²) in [6, 6.07) is 4.26. The number of ether oxygens (including phenoxy) is 1. The zero-order valence-corrected chi connectivity index (χ0v) is 11.3. The number of phenols is 1. The zero-order valence-electron chi connectivity index (χ0n) is 11.3. The van der Waals surface area contributed by atoms with Gasteiger partial charge in [0.1, 0.15) is 5.75 Å². The number of aromatic hydroxyl groups is 1. The van der Waals surface area contributed by atoms with E-state index in [1.165, 1.54) is 25.3 Å². The number of nitrogens with one attached hydrogen (secondary N) is 1. The van der Waals surface area contributed by atoms with Crippen molar-refractivity contribution in [1.82, 2.24) is 0 Å². The molecule has 7 nitrogen and oxygen atoms in total. The summed E-state index contributed by atoms with van der Waals surface area (Å²) in [5, 5.41) is 20.4. The van der Waals surface area contributed by atoms with Crippen molar-refractivity contribution in [3.63, 3.8) is 0 Å². The third-order valence-electron chi connectivity index (χ3n) is 2.55. The summed E-state index contributed by atoms with van der Waals surface area (Å²) in [5.74, 6) is -2.28. The van der Waals surface area contributed by atoms with Gasteiger partial charge in [0, 0.05) is 24.3 Å². The van der Waals surface area contributed by atoms with Crippen LogP contribution in [0.3, 0.4) is 0 Å². The van der Waals surface area contributed by atoms with Gasteiger partial charge in [-0.25, -0.2) is 4.79 Å². The average Bonchev–Trinajstić information content (AvgIpc) is 2.44. The van der Waals surface area contributed by atoms with E-state index in [2.05, 4.69) is 10.1 Å². The molecule has 21 heavy (non-hydrogen) atoms. The van der Waals surface area contributed by atoms with Gasteiger partial charge in [-0.05, 0) is 30.2 Å². The molecule has 3 N–H and O–H groups in total. The summed E-state index contributed by atoms with van der Waals surface area (Å²) in [5.41, 5.74) is 0.925. The van der Waals surface area contributed by atoms with E-state index in [4.69, 9.17) is 5.11 Å². The normalized spacial score (nSPS) is 10.3. The number of amides is 1. The fraction of sp³-hybridized carbons (Fsp3) is 0.214. The molecule has 0 saturated carbocycles. The largest absolute Gasteiger partial charge is 0.508 e. The van der Waals surface area contributed by atoms with Crippen molar-refractivity contribution >= 4 is 23.5 Å². The Balaban J connectivity index is 2.83. The Hall–Kier alpha value is -2.83. The molecule has 112 valence electrons. The monoisotopic (exact) mass is 293 g/mol. The van der Waals surface area contributed by atoms with E-state index < -0.39 is 17.8 Å². The van der Waals surface area contributed by atoms with Gasteiger partial charge in [0.2, 0.25) is 5.91 Å². The summed E-state index contributed by atoms with van der Waals surface area (Å²) in [6.45, 7) is 0. The second-order valence-electron chi connectivity index (χ2n) is 4.08. The first kappa shape index (κ1) is 16.2. The van der Waals surface area contributed by atoms with Crippen molar-refractivity contribution in [3.8, 4) is 5.75 Å². The minimum atomic E-state index is -1.23. The topological polar surface area (TPSA) is 113 Å². The Morgan fingerprint density at radius 2 is 2.00 bits per heavy atom. The molecule has 0 radical (unpaired) electrons. The van der Waals surface area contributed by atoms with Crippen LogP contribution in [0.25, 0.3) is 0 Å². The minimum Gasteiger partial charge on any atom is -0.508 e. The molecule has 0 unspecified atom stereocenters. The first-order valence-corrected chi connectivity index (χ1v) is 6.03. The molecule has 0 aromatic heterocycles. The van der Waals surface area contributed by atoms with E-state index in [-0.39, 0.29) is 18.6 Å². The third kappa shape index (κ3) is 5.77. The van der Waals surface area contributed by atoms with Crippen molar-refractivity contribution < 1.29 is 29.3 Å². The van der Waals surface area contributed by atoms with Gasteiger partial charge in [-0.3, -0.25) is 9.59 Å². The third-order valence-corrected chi connectivity index (χ3v) is 2.55. The second kappa shape index (κ2) is 7.68. The number of carbonyl (C=O) groups is 3. The maximum Gasteiger partial charge on any atom is 0.328 e. The maximum atomic E-state index is 11.5. The highest BCUT2D eigenvalue weighted by Crippen LogP contribution is 2.23. The lowest BCUT2D eigenvalue weighted by atomic mass is 10.1. The van der Waals surface area contributed by atoms with Crippen LogP contribution < -0.4 is 5.32 Å². The molecule has 0 aliphatic carbocycles. The van der Waals surface area contributed by atoms with Crippen LogP contribution in [-0.4, -0.2) is 35.2 Å². The van der Waals surface area contributed by atoms with Crippen LogP contribution in [0.15, 0.2) is 30.4 Å². The molecular weight excluding hydrogens is 278 g/mol. The van der Waals surface area contributed by atoms with Crippen molar-refractivity contribution in [2.75, 3.05) is 12.4 Å². The van der Waals surface area contributed by atoms with Crippen molar-refractivity contribution in [2.24, 2.45) is 0 Å². The van der Waals surface area contributed by atoms with Gasteiger partial charge < -0.3 is 20.3 Å².